The molecule has 0 unspecified atom stereocenters. The molecule has 3 rings (SSSR count). The molecule has 6 nitrogen and oxygen atoms in total. The molecule has 3 heterocycles. The molecule has 0 aromatic carbocycles. The van der Waals surface area contributed by atoms with Crippen molar-refractivity contribution >= 4 is 5.69 Å². The highest BCUT2D eigenvalue weighted by Gasteiger charge is 2.40. The fraction of sp³-hybridized carbons (Fsp3) is 0.467. The molecular formula is C15H17FN6. The van der Waals surface area contributed by atoms with Crippen molar-refractivity contribution in [3.8, 4) is 6.07 Å². The van der Waals surface area contributed by atoms with E-state index in [2.05, 4.69) is 21.3 Å². The number of pyridine rings is 1. The number of nitriles is 1. The lowest BCUT2D eigenvalue weighted by Crippen LogP contribution is -2.42. The number of hydrogen-bond acceptors (Lipinski definition) is 5. The van der Waals surface area contributed by atoms with E-state index in [0.717, 1.165) is 11.3 Å². The largest absolute Gasteiger partial charge is 0.369 e. The topological polar surface area (TPSA) is 70.6 Å². The van der Waals surface area contributed by atoms with E-state index in [-0.39, 0.29) is 0 Å². The zero-order valence-electron chi connectivity index (χ0n) is 12.6. The minimum absolute atomic E-state index is 0.318. The summed E-state index contributed by atoms with van der Waals surface area (Å²) >= 11 is 0. The predicted molar refractivity (Wildman–Crippen MR) is 78.9 cm³/mol. The molecule has 0 atom stereocenters. The van der Waals surface area contributed by atoms with Gasteiger partial charge in [-0.1, -0.05) is 0 Å². The maximum Gasteiger partial charge on any atom is 0.173 e. The Morgan fingerprint density at radius 2 is 2.09 bits per heavy atom. The quantitative estimate of drug-likeness (QED) is 0.846. The third-order valence-electron chi connectivity index (χ3n) is 4.22. The van der Waals surface area contributed by atoms with Crippen molar-refractivity contribution in [2.45, 2.75) is 25.4 Å². The fourth-order valence-corrected chi connectivity index (χ4v) is 3.03. The summed E-state index contributed by atoms with van der Waals surface area (Å²) < 4.78 is 16.8. The van der Waals surface area contributed by atoms with E-state index in [1.807, 2.05) is 17.9 Å². The minimum Gasteiger partial charge on any atom is -0.369 e. The Labute approximate surface area is 128 Å². The molecule has 0 amide bonds. The summed E-state index contributed by atoms with van der Waals surface area (Å²) in [6, 6.07) is 3.99. The normalized spacial score (nSPS) is 17.3. The molecule has 1 aliphatic heterocycles. The van der Waals surface area contributed by atoms with Gasteiger partial charge in [-0.25, -0.2) is 9.37 Å². The van der Waals surface area contributed by atoms with Crippen LogP contribution in [-0.4, -0.2) is 32.8 Å². The van der Waals surface area contributed by atoms with Crippen molar-refractivity contribution in [1.29, 1.82) is 5.26 Å². The molecular weight excluding hydrogens is 283 g/mol. The molecule has 2 aromatic rings. The van der Waals surface area contributed by atoms with E-state index in [4.69, 9.17) is 0 Å². The van der Waals surface area contributed by atoms with Gasteiger partial charge in [0.15, 0.2) is 17.2 Å². The van der Waals surface area contributed by atoms with Crippen molar-refractivity contribution in [2.24, 2.45) is 7.05 Å². The summed E-state index contributed by atoms with van der Waals surface area (Å²) in [6.07, 6.45) is 3.78. The van der Waals surface area contributed by atoms with Crippen molar-refractivity contribution in [1.82, 2.24) is 19.7 Å². The van der Waals surface area contributed by atoms with Crippen molar-refractivity contribution in [3.63, 3.8) is 0 Å². The highest BCUT2D eigenvalue weighted by molar-refractivity contribution is 5.61. The molecule has 1 fully saturated rings. The van der Waals surface area contributed by atoms with Crippen LogP contribution in [0.5, 0.6) is 0 Å². The molecule has 0 aliphatic carbocycles. The van der Waals surface area contributed by atoms with Gasteiger partial charge in [0.05, 0.1) is 5.69 Å². The molecule has 0 saturated carbocycles. The van der Waals surface area contributed by atoms with E-state index in [0.29, 0.717) is 37.4 Å². The number of aryl methyl sites for hydroxylation is 2. The zero-order chi connectivity index (χ0) is 15.7. The van der Waals surface area contributed by atoms with Gasteiger partial charge in [0.2, 0.25) is 0 Å². The van der Waals surface area contributed by atoms with Gasteiger partial charge in [-0.15, -0.1) is 10.2 Å². The van der Waals surface area contributed by atoms with Crippen LogP contribution in [0.2, 0.25) is 0 Å². The molecule has 2 aromatic heterocycles. The van der Waals surface area contributed by atoms with Crippen molar-refractivity contribution < 1.29 is 4.39 Å². The summed E-state index contributed by atoms with van der Waals surface area (Å²) in [5.41, 5.74) is 0.719. The van der Waals surface area contributed by atoms with E-state index in [9.17, 15) is 5.26 Å². The number of piperidine rings is 1. The Hall–Kier alpha value is -2.49. The van der Waals surface area contributed by atoms with Crippen LogP contribution in [0, 0.1) is 18.3 Å². The van der Waals surface area contributed by atoms with Crippen LogP contribution < -0.4 is 4.90 Å². The summed E-state index contributed by atoms with van der Waals surface area (Å²) in [6.45, 7) is 2.98. The van der Waals surface area contributed by atoms with Crippen molar-refractivity contribution in [3.05, 3.63) is 35.7 Å². The van der Waals surface area contributed by atoms with Gasteiger partial charge in [-0.05, 0) is 18.6 Å². The van der Waals surface area contributed by atoms with Crippen LogP contribution in [0.1, 0.15) is 29.9 Å². The second-order valence-electron chi connectivity index (χ2n) is 5.65. The number of hydrogen-bond donors (Lipinski definition) is 0. The molecule has 22 heavy (non-hydrogen) atoms. The second-order valence-corrected chi connectivity index (χ2v) is 5.65. The number of aromatic nitrogens is 4. The number of halogens is 1. The molecule has 7 heteroatoms. The van der Waals surface area contributed by atoms with Gasteiger partial charge in [0, 0.05) is 39.2 Å². The van der Waals surface area contributed by atoms with Crippen molar-refractivity contribution in [2.75, 3.05) is 18.0 Å². The Balaban J connectivity index is 1.84. The monoisotopic (exact) mass is 300 g/mol. The third-order valence-corrected chi connectivity index (χ3v) is 4.22. The maximum absolute atomic E-state index is 15.1. The van der Waals surface area contributed by atoms with Gasteiger partial charge in [0.25, 0.3) is 0 Å². The van der Waals surface area contributed by atoms with E-state index in [1.54, 1.807) is 17.8 Å². The highest BCUT2D eigenvalue weighted by Crippen LogP contribution is 2.38. The third kappa shape index (κ3) is 2.30. The number of rotatable bonds is 2. The second kappa shape index (κ2) is 5.37. The average Bonchev–Trinajstić information content (AvgIpc) is 2.95. The minimum atomic E-state index is -1.47. The fourth-order valence-electron chi connectivity index (χ4n) is 3.03. The summed E-state index contributed by atoms with van der Waals surface area (Å²) in [4.78, 5) is 6.15. The molecule has 0 N–H and O–H groups in total. The Bertz CT molecular complexity index is 724. The highest BCUT2D eigenvalue weighted by atomic mass is 19.1. The van der Waals surface area contributed by atoms with Crippen LogP contribution >= 0.6 is 0 Å². The number of nitrogens with zero attached hydrogens (tertiary/aromatic N) is 6. The first-order valence-corrected chi connectivity index (χ1v) is 7.19. The molecule has 1 saturated heterocycles. The smallest absolute Gasteiger partial charge is 0.173 e. The van der Waals surface area contributed by atoms with E-state index < -0.39 is 5.67 Å². The molecule has 0 radical (unpaired) electrons. The Morgan fingerprint density at radius 1 is 1.36 bits per heavy atom. The maximum atomic E-state index is 15.1. The lowest BCUT2D eigenvalue weighted by Gasteiger charge is -2.37. The van der Waals surface area contributed by atoms with Gasteiger partial charge in [-0.3, -0.25) is 0 Å². The zero-order valence-corrected chi connectivity index (χ0v) is 12.6. The first kappa shape index (κ1) is 14.4. The van der Waals surface area contributed by atoms with E-state index >= 15 is 4.39 Å². The predicted octanol–water partition coefficient (Wildman–Crippen LogP) is 1.86. The Morgan fingerprint density at radius 3 is 2.68 bits per heavy atom. The molecule has 0 bridgehead atoms. The Kier molecular flexibility index (Phi) is 3.53. The molecule has 1 aliphatic rings. The summed E-state index contributed by atoms with van der Waals surface area (Å²) in [5.74, 6) is 0.371. The standard InChI is InChI=1S/C15H17FN6/c1-11-3-6-18-12(9-17)13(11)22-7-4-15(16,5-8-22)14-20-19-10-21(14)2/h3,6,10H,4-5,7-8H2,1-2H3. The first-order chi connectivity index (χ1) is 10.5. The van der Waals surface area contributed by atoms with Gasteiger partial charge < -0.3 is 9.47 Å². The summed E-state index contributed by atoms with van der Waals surface area (Å²) in [7, 11) is 1.75. The average molecular weight is 300 g/mol. The number of alkyl halides is 1. The van der Waals surface area contributed by atoms with Crippen LogP contribution in [0.25, 0.3) is 0 Å². The van der Waals surface area contributed by atoms with Gasteiger partial charge >= 0.3 is 0 Å². The van der Waals surface area contributed by atoms with Crippen LogP contribution in [0.4, 0.5) is 10.1 Å². The molecule has 0 spiro atoms. The number of anilines is 1. The van der Waals surface area contributed by atoms with Crippen LogP contribution in [0.15, 0.2) is 18.6 Å². The van der Waals surface area contributed by atoms with Crippen LogP contribution in [-0.2, 0) is 12.7 Å². The lowest BCUT2D eigenvalue weighted by atomic mass is 9.91. The SMILES string of the molecule is Cc1ccnc(C#N)c1N1CCC(F)(c2nncn2C)CC1. The van der Waals surface area contributed by atoms with Crippen LogP contribution in [0.3, 0.4) is 0 Å². The lowest BCUT2D eigenvalue weighted by molar-refractivity contribution is 0.109. The van der Waals surface area contributed by atoms with Gasteiger partial charge in [0.1, 0.15) is 12.4 Å². The van der Waals surface area contributed by atoms with Gasteiger partial charge in [-0.2, -0.15) is 5.26 Å². The molecule has 114 valence electrons. The van der Waals surface area contributed by atoms with E-state index in [1.165, 1.54) is 6.33 Å². The first-order valence-electron chi connectivity index (χ1n) is 7.19. The summed E-state index contributed by atoms with van der Waals surface area (Å²) in [5, 5.41) is 16.9.